The van der Waals surface area contributed by atoms with Gasteiger partial charge in [0.05, 0.1) is 0 Å². The summed E-state index contributed by atoms with van der Waals surface area (Å²) in [7, 11) is 0. The Labute approximate surface area is 99.6 Å². The van der Waals surface area contributed by atoms with Gasteiger partial charge in [-0.1, -0.05) is 0 Å². The Kier molecular flexibility index (Phi) is 2.74. The first-order valence-electron chi connectivity index (χ1n) is 6.18. The van der Waals surface area contributed by atoms with E-state index in [0.717, 1.165) is 25.6 Å². The number of nitrogens with zero attached hydrogens (tertiary/aromatic N) is 1. The molecule has 1 aromatic rings. The van der Waals surface area contributed by atoms with Crippen LogP contribution in [0, 0.1) is 11.6 Å². The molecule has 0 amide bonds. The van der Waals surface area contributed by atoms with Crippen LogP contribution in [0.4, 0.5) is 14.5 Å². The number of rotatable bonds is 3. The number of nitrogens with one attached hydrogen (secondary N) is 1. The predicted molar refractivity (Wildman–Crippen MR) is 63.0 cm³/mol. The van der Waals surface area contributed by atoms with Crippen molar-refractivity contribution >= 4 is 5.69 Å². The molecular weight excluding hydrogens is 222 g/mol. The molecule has 2 aliphatic rings. The van der Waals surface area contributed by atoms with Gasteiger partial charge in [-0.05, 0) is 31.4 Å². The lowest BCUT2D eigenvalue weighted by Crippen LogP contribution is -2.27. The maximum atomic E-state index is 13.0. The minimum Gasteiger partial charge on any atom is -0.381 e. The van der Waals surface area contributed by atoms with Gasteiger partial charge < -0.3 is 5.32 Å². The molecule has 1 heterocycles. The van der Waals surface area contributed by atoms with Crippen LogP contribution < -0.4 is 5.32 Å². The summed E-state index contributed by atoms with van der Waals surface area (Å²) in [6.45, 7) is 2.13. The summed E-state index contributed by atoms with van der Waals surface area (Å²) in [5, 5.41) is 3.27. The summed E-state index contributed by atoms with van der Waals surface area (Å²) < 4.78 is 25.8. The van der Waals surface area contributed by atoms with Gasteiger partial charge in [0.15, 0.2) is 11.6 Å². The van der Waals surface area contributed by atoms with E-state index in [-0.39, 0.29) is 0 Å². The number of hydrogen-bond donors (Lipinski definition) is 1. The van der Waals surface area contributed by atoms with Crippen molar-refractivity contribution in [2.24, 2.45) is 0 Å². The molecule has 2 fully saturated rings. The Morgan fingerprint density at radius 2 is 1.94 bits per heavy atom. The highest BCUT2D eigenvalue weighted by Gasteiger charge is 2.34. The van der Waals surface area contributed by atoms with Crippen LogP contribution in [0.3, 0.4) is 0 Å². The first kappa shape index (κ1) is 11.0. The second-order valence-electron chi connectivity index (χ2n) is 4.98. The lowest BCUT2D eigenvalue weighted by Gasteiger charge is -2.16. The van der Waals surface area contributed by atoms with Crippen molar-refractivity contribution in [3.05, 3.63) is 29.8 Å². The third-order valence-electron chi connectivity index (χ3n) is 3.57. The SMILES string of the molecule is Fc1ccc(NC2CCN(C3CC3)C2)cc1F. The van der Waals surface area contributed by atoms with E-state index < -0.39 is 11.6 Å². The van der Waals surface area contributed by atoms with E-state index in [1.165, 1.54) is 25.0 Å². The Bertz CT molecular complexity index is 418. The van der Waals surface area contributed by atoms with Gasteiger partial charge in [0, 0.05) is 36.9 Å². The third-order valence-corrected chi connectivity index (χ3v) is 3.57. The molecule has 0 aromatic heterocycles. The average molecular weight is 238 g/mol. The van der Waals surface area contributed by atoms with Crippen molar-refractivity contribution < 1.29 is 8.78 Å². The van der Waals surface area contributed by atoms with Crippen LogP contribution in [0.15, 0.2) is 18.2 Å². The van der Waals surface area contributed by atoms with Crippen LogP contribution in [0.2, 0.25) is 0 Å². The number of anilines is 1. The lowest BCUT2D eigenvalue weighted by molar-refractivity contribution is 0.326. The number of benzene rings is 1. The molecule has 1 atom stereocenters. The molecule has 2 nitrogen and oxygen atoms in total. The zero-order valence-electron chi connectivity index (χ0n) is 9.63. The van der Waals surface area contributed by atoms with Crippen LogP contribution in [0.5, 0.6) is 0 Å². The summed E-state index contributed by atoms with van der Waals surface area (Å²) in [4.78, 5) is 2.48. The largest absolute Gasteiger partial charge is 0.381 e. The summed E-state index contributed by atoms with van der Waals surface area (Å²) >= 11 is 0. The van der Waals surface area contributed by atoms with E-state index in [2.05, 4.69) is 10.2 Å². The zero-order chi connectivity index (χ0) is 11.8. The molecule has 1 N–H and O–H groups in total. The third kappa shape index (κ3) is 2.41. The van der Waals surface area contributed by atoms with Crippen LogP contribution >= 0.6 is 0 Å². The average Bonchev–Trinajstić information content (AvgIpc) is 3.06. The Morgan fingerprint density at radius 1 is 1.12 bits per heavy atom. The maximum Gasteiger partial charge on any atom is 0.160 e. The molecule has 1 saturated carbocycles. The zero-order valence-corrected chi connectivity index (χ0v) is 9.63. The Balaban J connectivity index is 1.61. The van der Waals surface area contributed by atoms with Crippen molar-refractivity contribution in [2.75, 3.05) is 18.4 Å². The number of hydrogen-bond acceptors (Lipinski definition) is 2. The van der Waals surface area contributed by atoms with Gasteiger partial charge >= 0.3 is 0 Å². The summed E-state index contributed by atoms with van der Waals surface area (Å²) in [6, 6.07) is 5.14. The van der Waals surface area contributed by atoms with E-state index in [1.807, 2.05) is 0 Å². The molecule has 1 saturated heterocycles. The number of halogens is 2. The van der Waals surface area contributed by atoms with Crippen molar-refractivity contribution in [2.45, 2.75) is 31.3 Å². The molecule has 1 aliphatic heterocycles. The van der Waals surface area contributed by atoms with Gasteiger partial charge in [0.1, 0.15) is 0 Å². The second kappa shape index (κ2) is 4.26. The maximum absolute atomic E-state index is 13.0. The van der Waals surface area contributed by atoms with Gasteiger partial charge in [0.25, 0.3) is 0 Å². The normalized spacial score (nSPS) is 25.2. The first-order valence-corrected chi connectivity index (χ1v) is 6.18. The van der Waals surface area contributed by atoms with Crippen LogP contribution in [0.1, 0.15) is 19.3 Å². The van der Waals surface area contributed by atoms with E-state index in [1.54, 1.807) is 6.07 Å². The standard InChI is InChI=1S/C13H16F2N2/c14-12-4-1-9(7-13(12)15)16-10-5-6-17(8-10)11-2-3-11/h1,4,7,10-11,16H,2-3,5-6,8H2. The molecule has 92 valence electrons. The fourth-order valence-electron chi connectivity index (χ4n) is 2.50. The topological polar surface area (TPSA) is 15.3 Å². The predicted octanol–water partition coefficient (Wildman–Crippen LogP) is 2.61. The van der Waals surface area contributed by atoms with Gasteiger partial charge in [-0.25, -0.2) is 8.78 Å². The Morgan fingerprint density at radius 3 is 2.65 bits per heavy atom. The highest BCUT2D eigenvalue weighted by molar-refractivity contribution is 5.44. The summed E-state index contributed by atoms with van der Waals surface area (Å²) in [5.41, 5.74) is 0.673. The molecule has 3 rings (SSSR count). The van der Waals surface area contributed by atoms with Gasteiger partial charge in [-0.3, -0.25) is 4.90 Å². The van der Waals surface area contributed by atoms with Crippen molar-refractivity contribution in [3.8, 4) is 0 Å². The molecule has 4 heteroatoms. The minimum absolute atomic E-state index is 0.362. The number of likely N-dealkylation sites (tertiary alicyclic amines) is 1. The molecule has 0 bridgehead atoms. The monoisotopic (exact) mass is 238 g/mol. The molecule has 0 radical (unpaired) electrons. The molecule has 1 aromatic carbocycles. The van der Waals surface area contributed by atoms with Gasteiger partial charge in [-0.2, -0.15) is 0 Å². The first-order chi connectivity index (χ1) is 8.22. The minimum atomic E-state index is -0.790. The van der Waals surface area contributed by atoms with E-state index >= 15 is 0 Å². The van der Waals surface area contributed by atoms with Crippen LogP contribution in [0.25, 0.3) is 0 Å². The van der Waals surface area contributed by atoms with Gasteiger partial charge in [-0.15, -0.1) is 0 Å². The van der Waals surface area contributed by atoms with Crippen molar-refractivity contribution in [1.29, 1.82) is 0 Å². The summed E-state index contributed by atoms with van der Waals surface area (Å²) in [5.74, 6) is -1.58. The van der Waals surface area contributed by atoms with Gasteiger partial charge in [0.2, 0.25) is 0 Å². The van der Waals surface area contributed by atoms with E-state index in [4.69, 9.17) is 0 Å². The highest BCUT2D eigenvalue weighted by atomic mass is 19.2. The highest BCUT2D eigenvalue weighted by Crippen LogP contribution is 2.30. The van der Waals surface area contributed by atoms with Crippen LogP contribution in [-0.2, 0) is 0 Å². The van der Waals surface area contributed by atoms with Crippen molar-refractivity contribution in [3.63, 3.8) is 0 Å². The summed E-state index contributed by atoms with van der Waals surface area (Å²) in [6.07, 6.45) is 3.71. The van der Waals surface area contributed by atoms with E-state index in [0.29, 0.717) is 11.7 Å². The fourth-order valence-corrected chi connectivity index (χ4v) is 2.50. The smallest absolute Gasteiger partial charge is 0.160 e. The quantitative estimate of drug-likeness (QED) is 0.870. The molecular formula is C13H16F2N2. The van der Waals surface area contributed by atoms with Crippen molar-refractivity contribution in [1.82, 2.24) is 4.90 Å². The fraction of sp³-hybridized carbons (Fsp3) is 0.538. The van der Waals surface area contributed by atoms with E-state index in [9.17, 15) is 8.78 Å². The molecule has 1 aliphatic carbocycles. The van der Waals surface area contributed by atoms with Crippen LogP contribution in [-0.4, -0.2) is 30.1 Å². The Hall–Kier alpha value is -1.16. The lowest BCUT2D eigenvalue weighted by atomic mass is 10.2. The molecule has 17 heavy (non-hydrogen) atoms. The molecule has 1 unspecified atom stereocenters. The molecule has 0 spiro atoms. The second-order valence-corrected chi connectivity index (χ2v) is 4.98.